The molecule has 32 heavy (non-hydrogen) atoms. The summed E-state index contributed by atoms with van der Waals surface area (Å²) in [4.78, 5) is 22.7. The monoisotopic (exact) mass is 475 g/mol. The van der Waals surface area contributed by atoms with E-state index in [-0.39, 0.29) is 36.6 Å². The highest BCUT2D eigenvalue weighted by Gasteiger charge is 2.24. The van der Waals surface area contributed by atoms with Gasteiger partial charge in [-0.25, -0.2) is 0 Å². The maximum atomic E-state index is 11.3. The first kappa shape index (κ1) is 37.2. The summed E-state index contributed by atoms with van der Waals surface area (Å²) in [5.74, 6) is -0.843. The summed E-state index contributed by atoms with van der Waals surface area (Å²) in [6.07, 6.45) is 3.10. The molecule has 0 saturated heterocycles. The Labute approximate surface area is 202 Å². The maximum Gasteiger partial charge on any atom is 0.250 e. The quantitative estimate of drug-likeness (QED) is 0.128. The fourth-order valence-corrected chi connectivity index (χ4v) is 2.24. The van der Waals surface area contributed by atoms with E-state index in [1.807, 2.05) is 0 Å². The van der Waals surface area contributed by atoms with Gasteiger partial charge in [0.15, 0.2) is 12.3 Å². The number of rotatable bonds is 9. The average molecular weight is 476 g/mol. The van der Waals surface area contributed by atoms with E-state index in [2.05, 4.69) is 86.5 Å². The van der Waals surface area contributed by atoms with E-state index in [1.165, 1.54) is 0 Å². The molecule has 0 heterocycles. The van der Waals surface area contributed by atoms with E-state index in [4.69, 9.17) is 5.41 Å². The van der Waals surface area contributed by atoms with Crippen LogP contribution in [0.25, 0.3) is 0 Å². The number of carbonyl (C=O) groups is 2. The second-order valence-corrected chi connectivity index (χ2v) is 9.16. The predicted molar refractivity (Wildman–Crippen MR) is 128 cm³/mol. The zero-order valence-corrected chi connectivity index (χ0v) is 22.5. The lowest BCUT2D eigenvalue weighted by Gasteiger charge is -2.33. The van der Waals surface area contributed by atoms with Crippen LogP contribution in [0, 0.1) is 5.41 Å². The summed E-state index contributed by atoms with van der Waals surface area (Å²) in [6, 6.07) is 0. The lowest BCUT2D eigenvalue weighted by atomic mass is 10.2. The Kier molecular flexibility index (Phi) is 20.2. The molecule has 0 aliphatic rings. The van der Waals surface area contributed by atoms with Crippen molar-refractivity contribution in [3.05, 3.63) is 37.0 Å². The van der Waals surface area contributed by atoms with Gasteiger partial charge in [-0.15, -0.1) is 0 Å². The Hall–Kier alpha value is -2.16. The van der Waals surface area contributed by atoms with E-state index < -0.39 is 5.90 Å². The van der Waals surface area contributed by atoms with Crippen LogP contribution in [0.1, 0.15) is 40.5 Å². The zero-order chi connectivity index (χ0) is 25.6. The Morgan fingerprint density at radius 3 is 1.19 bits per heavy atom. The average Bonchev–Trinajstić information content (AvgIpc) is 2.62. The molecule has 188 valence electrons. The van der Waals surface area contributed by atoms with Crippen molar-refractivity contribution in [2.75, 3.05) is 42.3 Å². The predicted octanol–water partition coefficient (Wildman–Crippen LogP) is -1.24. The van der Waals surface area contributed by atoms with Crippen LogP contribution >= 0.6 is 0 Å². The van der Waals surface area contributed by atoms with E-state index in [9.17, 15) is 14.7 Å². The number of carbonyl (C=O) groups excluding carboxylic acids is 2. The van der Waals surface area contributed by atoms with E-state index in [1.54, 1.807) is 13.8 Å². The Bertz CT molecular complexity index is 589. The fraction of sp³-hybridized carbons (Fsp3) is 0.609. The summed E-state index contributed by atoms with van der Waals surface area (Å²) in [7, 11) is 12.4. The number of nitrogens with one attached hydrogen (secondary N) is 3. The smallest absolute Gasteiger partial charge is 0.250 e. The molecule has 0 aliphatic heterocycles. The van der Waals surface area contributed by atoms with Crippen molar-refractivity contribution in [1.82, 2.24) is 10.6 Å². The lowest BCUT2D eigenvalue weighted by Crippen LogP contribution is -3.00. The van der Waals surface area contributed by atoms with E-state index in [0.717, 1.165) is 27.9 Å². The van der Waals surface area contributed by atoms with Crippen molar-refractivity contribution < 1.29 is 36.1 Å². The number of halogens is 1. The largest absolute Gasteiger partial charge is 1.00 e. The molecule has 8 nitrogen and oxygen atoms in total. The first-order valence-corrected chi connectivity index (χ1v) is 10.3. The third-order valence-corrected chi connectivity index (χ3v) is 4.20. The Balaban J connectivity index is -0.000000198. The van der Waals surface area contributed by atoms with E-state index >= 15 is 0 Å². The molecule has 2 unspecified atom stereocenters. The molecular formula is C23H46ClN5O3. The second-order valence-electron chi connectivity index (χ2n) is 9.16. The minimum Gasteiger partial charge on any atom is -1.00 e. The summed E-state index contributed by atoms with van der Waals surface area (Å²) in [6.45, 7) is 17.8. The molecule has 0 bridgehead atoms. The Morgan fingerprint density at radius 1 is 0.875 bits per heavy atom. The van der Waals surface area contributed by atoms with Crippen molar-refractivity contribution in [2.24, 2.45) is 0 Å². The van der Waals surface area contributed by atoms with E-state index in [0.29, 0.717) is 11.1 Å². The van der Waals surface area contributed by atoms with Gasteiger partial charge in [0, 0.05) is 24.0 Å². The molecule has 0 aliphatic carbocycles. The summed E-state index contributed by atoms with van der Waals surface area (Å²) < 4.78 is 1.46. The molecule has 2 amide bonds. The number of quaternary nitrogens is 2. The van der Waals surface area contributed by atoms with Gasteiger partial charge in [0.2, 0.25) is 0 Å². The molecule has 0 fully saturated rings. The highest BCUT2D eigenvalue weighted by Crippen LogP contribution is 2.05. The van der Waals surface area contributed by atoms with Crippen molar-refractivity contribution >= 4 is 17.7 Å². The normalized spacial score (nSPS) is 12.1. The van der Waals surface area contributed by atoms with Crippen LogP contribution in [-0.2, 0) is 9.59 Å². The molecule has 0 aromatic carbocycles. The van der Waals surface area contributed by atoms with Crippen molar-refractivity contribution in [2.45, 2.75) is 52.9 Å². The second kappa shape index (κ2) is 17.4. The first-order chi connectivity index (χ1) is 13.8. The van der Waals surface area contributed by atoms with Gasteiger partial charge < -0.3 is 42.5 Å². The van der Waals surface area contributed by atoms with Gasteiger partial charge in [-0.2, -0.15) is 0 Å². The van der Waals surface area contributed by atoms with Crippen molar-refractivity contribution in [3.8, 4) is 0 Å². The number of hydrogen-bond donors (Lipinski definition) is 3. The van der Waals surface area contributed by atoms with Gasteiger partial charge in [-0.05, 0) is 19.7 Å². The molecule has 0 spiro atoms. The van der Waals surface area contributed by atoms with Crippen LogP contribution in [0.2, 0.25) is 0 Å². The van der Waals surface area contributed by atoms with Gasteiger partial charge in [-0.3, -0.25) is 9.59 Å². The topological polar surface area (TPSA) is 105 Å². The lowest BCUT2D eigenvalue weighted by molar-refractivity contribution is -0.898. The van der Waals surface area contributed by atoms with Gasteiger partial charge in [0.05, 0.1) is 42.3 Å². The van der Waals surface area contributed by atoms with Gasteiger partial charge in [0.1, 0.15) is 0 Å². The Morgan fingerprint density at radius 2 is 1.09 bits per heavy atom. The van der Waals surface area contributed by atoms with Gasteiger partial charge >= 0.3 is 0 Å². The van der Waals surface area contributed by atoms with Crippen LogP contribution < -0.4 is 28.1 Å². The minimum absolute atomic E-state index is 0. The molecule has 0 radical (unpaired) electrons. The molecule has 0 rings (SSSR count). The summed E-state index contributed by atoms with van der Waals surface area (Å²) in [5, 5.41) is 21.3. The summed E-state index contributed by atoms with van der Waals surface area (Å²) in [5.41, 5.74) is 1.12. The van der Waals surface area contributed by atoms with Gasteiger partial charge in [-0.1, -0.05) is 39.7 Å². The zero-order valence-electron chi connectivity index (χ0n) is 21.8. The minimum atomic E-state index is -0.731. The number of nitrogens with zero attached hydrogens (tertiary/aromatic N) is 2. The van der Waals surface area contributed by atoms with Crippen LogP contribution in [-0.4, -0.2) is 81.3 Å². The highest BCUT2D eigenvalue weighted by atomic mass is 35.5. The molecule has 3 N–H and O–H groups in total. The van der Waals surface area contributed by atoms with Crippen molar-refractivity contribution in [3.63, 3.8) is 0 Å². The van der Waals surface area contributed by atoms with Crippen LogP contribution in [0.3, 0.4) is 0 Å². The molecule has 0 aromatic heterocycles. The standard InChI is InChI=1S/2C10H20N2O.C3H5NO.ClH/c2*1-7-9(12(4,5)6)11-10(13)8(2)3;1-2-3(4)5;/h2*9H,2,7H2,1,3-6H3;2H,1H2,(H2,4,5);1H. The molecule has 0 saturated carbocycles. The molecule has 0 aromatic rings. The third kappa shape index (κ3) is 19.8. The molecular weight excluding hydrogens is 430 g/mol. The molecule has 2 atom stereocenters. The number of amides is 2. The van der Waals surface area contributed by atoms with Crippen LogP contribution in [0.15, 0.2) is 37.0 Å². The summed E-state index contributed by atoms with van der Waals surface area (Å²) >= 11 is 0. The molecule has 9 heteroatoms. The fourth-order valence-electron chi connectivity index (χ4n) is 2.24. The highest BCUT2D eigenvalue weighted by molar-refractivity contribution is 5.92. The van der Waals surface area contributed by atoms with Crippen molar-refractivity contribution in [1.29, 1.82) is 5.41 Å². The third-order valence-electron chi connectivity index (χ3n) is 4.20. The van der Waals surface area contributed by atoms with Gasteiger partial charge in [0.25, 0.3) is 11.8 Å². The van der Waals surface area contributed by atoms with Crippen LogP contribution in [0.5, 0.6) is 0 Å². The SMILES string of the molecule is C=C(C)C(=O)NC(CC)[N+](C)(C)C.C=C(C)C(=O)NC(CC)[N+](C)(C)C.C=CC(=N)[O-].[Cl-]. The number of hydrogen-bond acceptors (Lipinski definition) is 4. The maximum absolute atomic E-state index is 11.3. The first-order valence-electron chi connectivity index (χ1n) is 10.3. The van der Waals surface area contributed by atoms with Crippen LogP contribution in [0.4, 0.5) is 0 Å².